The van der Waals surface area contributed by atoms with Crippen molar-refractivity contribution in [1.82, 2.24) is 15.3 Å². The van der Waals surface area contributed by atoms with Gasteiger partial charge in [-0.3, -0.25) is 4.79 Å². The van der Waals surface area contributed by atoms with Crippen LogP contribution in [-0.2, 0) is 4.79 Å². The van der Waals surface area contributed by atoms with Gasteiger partial charge in [0.25, 0.3) is 0 Å². The van der Waals surface area contributed by atoms with Crippen LogP contribution in [0.25, 0.3) is 0 Å². The second-order valence-electron chi connectivity index (χ2n) is 8.22. The Bertz CT molecular complexity index is 868. The molecule has 7 nitrogen and oxygen atoms in total. The van der Waals surface area contributed by atoms with Crippen LogP contribution >= 0.6 is 0 Å². The molecule has 1 aromatic carbocycles. The van der Waals surface area contributed by atoms with E-state index in [-0.39, 0.29) is 17.9 Å². The summed E-state index contributed by atoms with van der Waals surface area (Å²) >= 11 is 0. The van der Waals surface area contributed by atoms with Gasteiger partial charge < -0.3 is 19.9 Å². The molecule has 1 aromatic heterocycles. The molecule has 2 fully saturated rings. The number of aromatic nitrogens is 2. The summed E-state index contributed by atoms with van der Waals surface area (Å²) in [7, 11) is 2.07. The van der Waals surface area contributed by atoms with Gasteiger partial charge in [-0.05, 0) is 50.5 Å². The predicted molar refractivity (Wildman–Crippen MR) is 118 cm³/mol. The molecule has 2 aromatic rings. The number of anilines is 2. The van der Waals surface area contributed by atoms with E-state index in [9.17, 15) is 4.79 Å². The number of nitrogens with zero attached hydrogens (tertiary/aromatic N) is 4. The number of likely N-dealkylation sites (N-methyl/N-ethyl adjacent to an activating group) is 1. The number of nitrogens with one attached hydrogen (secondary N) is 1. The van der Waals surface area contributed by atoms with E-state index in [1.54, 1.807) is 0 Å². The van der Waals surface area contributed by atoms with Crippen molar-refractivity contribution in [3.63, 3.8) is 0 Å². The number of ether oxygens (including phenoxy) is 1. The molecular weight excluding hydrogens is 378 g/mol. The summed E-state index contributed by atoms with van der Waals surface area (Å²) in [6, 6.07) is 10.4. The van der Waals surface area contributed by atoms with Crippen molar-refractivity contribution < 1.29 is 9.53 Å². The Morgan fingerprint density at radius 2 is 2.03 bits per heavy atom. The first-order valence-corrected chi connectivity index (χ1v) is 10.9. The van der Waals surface area contributed by atoms with Gasteiger partial charge >= 0.3 is 0 Å². The van der Waals surface area contributed by atoms with Crippen LogP contribution in [0.1, 0.15) is 44.6 Å². The Morgan fingerprint density at radius 1 is 1.27 bits per heavy atom. The van der Waals surface area contributed by atoms with Crippen LogP contribution in [0.15, 0.2) is 36.5 Å². The lowest BCUT2D eigenvalue weighted by atomic mass is 10.0. The molecular formula is C23H31N5O2. The van der Waals surface area contributed by atoms with E-state index >= 15 is 0 Å². The van der Waals surface area contributed by atoms with Crippen LogP contribution in [0.2, 0.25) is 0 Å². The Hall–Kier alpha value is -2.83. The minimum Gasteiger partial charge on any atom is -0.489 e. The fraction of sp³-hybridized carbons (Fsp3) is 0.522. The molecule has 0 spiro atoms. The molecule has 1 N–H and O–H groups in total. The van der Waals surface area contributed by atoms with Crippen molar-refractivity contribution in [3.8, 4) is 5.75 Å². The quantitative estimate of drug-likeness (QED) is 0.723. The molecule has 1 saturated heterocycles. The van der Waals surface area contributed by atoms with E-state index in [2.05, 4.69) is 27.1 Å². The van der Waals surface area contributed by atoms with Crippen molar-refractivity contribution in [3.05, 3.63) is 42.1 Å². The number of carbonyl (C=O) groups is 1. The zero-order valence-corrected chi connectivity index (χ0v) is 18.0. The summed E-state index contributed by atoms with van der Waals surface area (Å²) in [5.74, 6) is 2.49. The molecule has 1 saturated carbocycles. The Labute approximate surface area is 178 Å². The van der Waals surface area contributed by atoms with Crippen molar-refractivity contribution in [1.29, 1.82) is 0 Å². The Kier molecular flexibility index (Phi) is 6.06. The number of amides is 1. The first kappa shape index (κ1) is 20.4. The first-order chi connectivity index (χ1) is 14.5. The van der Waals surface area contributed by atoms with Crippen molar-refractivity contribution in [2.75, 3.05) is 36.5 Å². The molecule has 160 valence electrons. The van der Waals surface area contributed by atoms with E-state index in [1.807, 2.05) is 50.4 Å². The van der Waals surface area contributed by atoms with E-state index in [0.717, 1.165) is 42.6 Å². The third-order valence-corrected chi connectivity index (χ3v) is 5.93. The smallest absolute Gasteiger partial charge is 0.227 e. The number of hydrogen-bond acceptors (Lipinski definition) is 6. The zero-order chi connectivity index (χ0) is 21.1. The monoisotopic (exact) mass is 409 g/mol. The topological polar surface area (TPSA) is 70.6 Å². The summed E-state index contributed by atoms with van der Waals surface area (Å²) in [5.41, 5.74) is 0.995. The molecule has 4 rings (SSSR count). The van der Waals surface area contributed by atoms with Gasteiger partial charge in [0.2, 0.25) is 11.9 Å². The second kappa shape index (κ2) is 8.90. The van der Waals surface area contributed by atoms with Gasteiger partial charge in [0.05, 0.1) is 12.5 Å². The average molecular weight is 410 g/mol. The lowest BCUT2D eigenvalue weighted by Gasteiger charge is -2.21. The number of rotatable bonds is 8. The molecule has 0 bridgehead atoms. The van der Waals surface area contributed by atoms with Crippen LogP contribution in [-0.4, -0.2) is 54.7 Å². The number of hydrogen-bond donors (Lipinski definition) is 1. The van der Waals surface area contributed by atoms with Gasteiger partial charge in [0.15, 0.2) is 0 Å². The third kappa shape index (κ3) is 4.66. The molecule has 0 radical (unpaired) electrons. The standard InChI is InChI=1S/C23H31N5O2/c1-4-24-22(29)16(2)17-5-9-19(10-6-17)30-20-12-14-28(15-20)21-11-13-25-23(26-21)27(3)18-7-8-18/h5-6,9-11,13,16,18,20H,4,7-8,12,14-15H2,1-3H3,(H,24,29)/t16?,20-/m1/s1. The molecule has 1 amide bonds. The fourth-order valence-electron chi connectivity index (χ4n) is 3.85. The van der Waals surface area contributed by atoms with Crippen molar-refractivity contribution >= 4 is 17.7 Å². The average Bonchev–Trinajstić information content (AvgIpc) is 3.52. The maximum Gasteiger partial charge on any atom is 0.227 e. The minimum absolute atomic E-state index is 0.0501. The van der Waals surface area contributed by atoms with Crippen LogP contribution in [0.4, 0.5) is 11.8 Å². The zero-order valence-electron chi connectivity index (χ0n) is 18.0. The molecule has 2 aliphatic rings. The van der Waals surface area contributed by atoms with Gasteiger partial charge in [0, 0.05) is 38.8 Å². The largest absolute Gasteiger partial charge is 0.489 e. The van der Waals surface area contributed by atoms with Crippen molar-refractivity contribution in [2.45, 2.75) is 51.2 Å². The molecule has 2 heterocycles. The maximum atomic E-state index is 12.0. The minimum atomic E-state index is -0.165. The van der Waals surface area contributed by atoms with Crippen LogP contribution in [0.5, 0.6) is 5.75 Å². The van der Waals surface area contributed by atoms with E-state index in [4.69, 9.17) is 9.72 Å². The van der Waals surface area contributed by atoms with Gasteiger partial charge in [0.1, 0.15) is 17.7 Å². The summed E-state index contributed by atoms with van der Waals surface area (Å²) in [6.45, 7) is 6.22. The van der Waals surface area contributed by atoms with Crippen molar-refractivity contribution in [2.24, 2.45) is 0 Å². The van der Waals surface area contributed by atoms with Gasteiger partial charge in [-0.25, -0.2) is 4.98 Å². The SMILES string of the molecule is CCNC(=O)C(C)c1ccc(O[C@@H]2CCN(c3ccnc(N(C)C4CC4)n3)C2)cc1. The fourth-order valence-corrected chi connectivity index (χ4v) is 3.85. The molecule has 30 heavy (non-hydrogen) atoms. The molecule has 1 unspecified atom stereocenters. The highest BCUT2D eigenvalue weighted by Gasteiger charge is 2.29. The van der Waals surface area contributed by atoms with E-state index in [1.165, 1.54) is 12.8 Å². The van der Waals surface area contributed by atoms with Gasteiger partial charge in [-0.2, -0.15) is 4.98 Å². The first-order valence-electron chi connectivity index (χ1n) is 10.9. The number of benzene rings is 1. The highest BCUT2D eigenvalue weighted by molar-refractivity contribution is 5.83. The lowest BCUT2D eigenvalue weighted by Crippen LogP contribution is -2.27. The van der Waals surface area contributed by atoms with Crippen LogP contribution in [0, 0.1) is 0 Å². The lowest BCUT2D eigenvalue weighted by molar-refractivity contribution is -0.122. The Morgan fingerprint density at radius 3 is 2.73 bits per heavy atom. The van der Waals surface area contributed by atoms with Gasteiger partial charge in [-0.1, -0.05) is 12.1 Å². The Balaban J connectivity index is 1.34. The van der Waals surface area contributed by atoms with Crippen LogP contribution < -0.4 is 19.9 Å². The van der Waals surface area contributed by atoms with E-state index in [0.29, 0.717) is 12.6 Å². The summed E-state index contributed by atoms with van der Waals surface area (Å²) in [4.78, 5) is 25.7. The normalized spacial score (nSPS) is 19.4. The third-order valence-electron chi connectivity index (χ3n) is 5.93. The van der Waals surface area contributed by atoms with Crippen LogP contribution in [0.3, 0.4) is 0 Å². The summed E-state index contributed by atoms with van der Waals surface area (Å²) in [5, 5.41) is 2.87. The second-order valence-corrected chi connectivity index (χ2v) is 8.22. The molecule has 1 aliphatic carbocycles. The number of carbonyl (C=O) groups excluding carboxylic acids is 1. The molecule has 1 aliphatic heterocycles. The highest BCUT2D eigenvalue weighted by atomic mass is 16.5. The summed E-state index contributed by atoms with van der Waals surface area (Å²) in [6.07, 6.45) is 5.37. The highest BCUT2D eigenvalue weighted by Crippen LogP contribution is 2.29. The summed E-state index contributed by atoms with van der Waals surface area (Å²) < 4.78 is 6.20. The van der Waals surface area contributed by atoms with Gasteiger partial charge in [-0.15, -0.1) is 0 Å². The maximum absolute atomic E-state index is 12.0. The molecule has 2 atom stereocenters. The van der Waals surface area contributed by atoms with E-state index < -0.39 is 0 Å². The predicted octanol–water partition coefficient (Wildman–Crippen LogP) is 2.97. The molecule has 7 heteroatoms.